The SMILES string of the molecule is CCC(CCOC)Oc1cc(Cl)cc([N+](=O)[O-])c1. The van der Waals surface area contributed by atoms with Gasteiger partial charge in [-0.3, -0.25) is 10.1 Å². The molecule has 1 aromatic rings. The second-order valence-corrected chi connectivity index (χ2v) is 4.27. The fourth-order valence-corrected chi connectivity index (χ4v) is 1.73. The van der Waals surface area contributed by atoms with Crippen molar-refractivity contribution >= 4 is 17.3 Å². The number of ether oxygens (including phenoxy) is 2. The molecule has 0 saturated heterocycles. The first-order valence-electron chi connectivity index (χ1n) is 5.67. The van der Waals surface area contributed by atoms with Crippen LogP contribution in [0.5, 0.6) is 5.75 Å². The largest absolute Gasteiger partial charge is 0.490 e. The van der Waals surface area contributed by atoms with Crippen molar-refractivity contribution in [3.63, 3.8) is 0 Å². The topological polar surface area (TPSA) is 61.6 Å². The molecule has 5 nitrogen and oxygen atoms in total. The van der Waals surface area contributed by atoms with Crippen LogP contribution in [0.4, 0.5) is 5.69 Å². The van der Waals surface area contributed by atoms with Crippen LogP contribution in [-0.4, -0.2) is 24.7 Å². The van der Waals surface area contributed by atoms with Gasteiger partial charge in [0.25, 0.3) is 5.69 Å². The quantitative estimate of drug-likeness (QED) is 0.564. The van der Waals surface area contributed by atoms with E-state index in [9.17, 15) is 10.1 Å². The van der Waals surface area contributed by atoms with Gasteiger partial charge in [0.1, 0.15) is 11.9 Å². The van der Waals surface area contributed by atoms with Gasteiger partial charge in [-0.2, -0.15) is 0 Å². The van der Waals surface area contributed by atoms with Gasteiger partial charge < -0.3 is 9.47 Å². The number of methoxy groups -OCH3 is 1. The van der Waals surface area contributed by atoms with Crippen LogP contribution >= 0.6 is 11.6 Å². The highest BCUT2D eigenvalue weighted by Crippen LogP contribution is 2.27. The Morgan fingerprint density at radius 2 is 2.17 bits per heavy atom. The van der Waals surface area contributed by atoms with Gasteiger partial charge in [0.2, 0.25) is 0 Å². The number of hydrogen-bond donors (Lipinski definition) is 0. The van der Waals surface area contributed by atoms with Gasteiger partial charge in [-0.15, -0.1) is 0 Å². The summed E-state index contributed by atoms with van der Waals surface area (Å²) in [4.78, 5) is 10.2. The standard InChI is InChI=1S/C12H16ClNO4/c1-3-11(4-5-17-2)18-12-7-9(13)6-10(8-12)14(15)16/h6-8,11H,3-5H2,1-2H3. The first-order chi connectivity index (χ1) is 8.56. The summed E-state index contributed by atoms with van der Waals surface area (Å²) in [5.41, 5.74) is -0.0703. The Morgan fingerprint density at radius 3 is 2.72 bits per heavy atom. The second-order valence-electron chi connectivity index (χ2n) is 3.83. The fraction of sp³-hybridized carbons (Fsp3) is 0.500. The van der Waals surface area contributed by atoms with Gasteiger partial charge in [0.15, 0.2) is 0 Å². The fourth-order valence-electron chi connectivity index (χ4n) is 1.51. The Balaban J connectivity index is 2.79. The molecule has 0 radical (unpaired) electrons. The van der Waals surface area contributed by atoms with E-state index in [1.807, 2.05) is 6.92 Å². The number of hydrogen-bond acceptors (Lipinski definition) is 4. The number of nitrogens with zero attached hydrogens (tertiary/aromatic N) is 1. The molecular formula is C12H16ClNO4. The minimum atomic E-state index is -0.491. The summed E-state index contributed by atoms with van der Waals surface area (Å²) >= 11 is 5.82. The summed E-state index contributed by atoms with van der Waals surface area (Å²) in [6, 6.07) is 4.25. The van der Waals surface area contributed by atoms with Crippen LogP contribution in [0.1, 0.15) is 19.8 Å². The molecule has 6 heteroatoms. The number of nitro benzene ring substituents is 1. The molecule has 0 amide bonds. The summed E-state index contributed by atoms with van der Waals surface area (Å²) in [6.45, 7) is 2.57. The smallest absolute Gasteiger partial charge is 0.274 e. The summed E-state index contributed by atoms with van der Waals surface area (Å²) in [7, 11) is 1.62. The van der Waals surface area contributed by atoms with E-state index in [1.165, 1.54) is 12.1 Å². The van der Waals surface area contributed by atoms with Gasteiger partial charge >= 0.3 is 0 Å². The van der Waals surface area contributed by atoms with Crippen molar-refractivity contribution in [2.45, 2.75) is 25.9 Å². The third kappa shape index (κ3) is 4.50. The molecule has 1 atom stereocenters. The third-order valence-corrected chi connectivity index (χ3v) is 2.69. The Morgan fingerprint density at radius 1 is 1.44 bits per heavy atom. The predicted octanol–water partition coefficient (Wildman–Crippen LogP) is 3.44. The van der Waals surface area contributed by atoms with E-state index in [0.29, 0.717) is 17.4 Å². The van der Waals surface area contributed by atoms with E-state index in [-0.39, 0.29) is 11.8 Å². The molecule has 0 N–H and O–H groups in total. The van der Waals surface area contributed by atoms with Crippen molar-refractivity contribution in [1.82, 2.24) is 0 Å². The molecule has 0 bridgehead atoms. The Kier molecular flexibility index (Phi) is 5.88. The molecule has 1 aromatic carbocycles. The van der Waals surface area contributed by atoms with Gasteiger partial charge in [-0.05, 0) is 12.5 Å². The molecule has 100 valence electrons. The highest BCUT2D eigenvalue weighted by Gasteiger charge is 2.13. The Hall–Kier alpha value is -1.33. The molecule has 0 spiro atoms. The lowest BCUT2D eigenvalue weighted by Crippen LogP contribution is -2.17. The molecule has 0 aliphatic heterocycles. The number of non-ortho nitro benzene ring substituents is 1. The van der Waals surface area contributed by atoms with Crippen molar-refractivity contribution in [3.8, 4) is 5.75 Å². The van der Waals surface area contributed by atoms with Crippen molar-refractivity contribution in [1.29, 1.82) is 0 Å². The van der Waals surface area contributed by atoms with E-state index in [4.69, 9.17) is 21.1 Å². The van der Waals surface area contributed by atoms with Crippen LogP contribution in [0, 0.1) is 10.1 Å². The van der Waals surface area contributed by atoms with E-state index >= 15 is 0 Å². The van der Waals surface area contributed by atoms with Gasteiger partial charge in [0, 0.05) is 26.2 Å². The molecule has 0 aliphatic rings. The summed E-state index contributed by atoms with van der Waals surface area (Å²) < 4.78 is 10.7. The monoisotopic (exact) mass is 273 g/mol. The summed E-state index contributed by atoms with van der Waals surface area (Å²) in [5.74, 6) is 0.414. The van der Waals surface area contributed by atoms with Gasteiger partial charge in [0.05, 0.1) is 16.0 Å². The van der Waals surface area contributed by atoms with E-state index in [0.717, 1.165) is 12.8 Å². The highest BCUT2D eigenvalue weighted by atomic mass is 35.5. The summed E-state index contributed by atoms with van der Waals surface area (Å²) in [6.07, 6.45) is 1.49. The molecule has 0 saturated carbocycles. The van der Waals surface area contributed by atoms with E-state index in [2.05, 4.69) is 0 Å². The number of nitro groups is 1. The minimum Gasteiger partial charge on any atom is -0.490 e. The maximum atomic E-state index is 10.7. The highest BCUT2D eigenvalue weighted by molar-refractivity contribution is 6.30. The van der Waals surface area contributed by atoms with Crippen LogP contribution in [-0.2, 0) is 4.74 Å². The predicted molar refractivity (Wildman–Crippen MR) is 69.3 cm³/mol. The average Bonchev–Trinajstić information content (AvgIpc) is 2.33. The molecular weight excluding hydrogens is 258 g/mol. The zero-order chi connectivity index (χ0) is 13.5. The minimum absolute atomic E-state index is 0.0389. The van der Waals surface area contributed by atoms with E-state index in [1.54, 1.807) is 13.2 Å². The van der Waals surface area contributed by atoms with Crippen molar-refractivity contribution in [3.05, 3.63) is 33.3 Å². The molecule has 18 heavy (non-hydrogen) atoms. The number of benzene rings is 1. The lowest BCUT2D eigenvalue weighted by molar-refractivity contribution is -0.384. The maximum Gasteiger partial charge on any atom is 0.274 e. The van der Waals surface area contributed by atoms with Crippen molar-refractivity contribution in [2.75, 3.05) is 13.7 Å². The van der Waals surface area contributed by atoms with Crippen molar-refractivity contribution in [2.24, 2.45) is 0 Å². The first kappa shape index (κ1) is 14.7. The first-order valence-corrected chi connectivity index (χ1v) is 6.05. The molecule has 0 heterocycles. The van der Waals surface area contributed by atoms with Crippen LogP contribution in [0.25, 0.3) is 0 Å². The molecule has 0 aromatic heterocycles. The average molecular weight is 274 g/mol. The van der Waals surface area contributed by atoms with Gasteiger partial charge in [-0.25, -0.2) is 0 Å². The Bertz CT molecular complexity index is 411. The van der Waals surface area contributed by atoms with Crippen LogP contribution in [0.15, 0.2) is 18.2 Å². The molecule has 0 aliphatic carbocycles. The zero-order valence-electron chi connectivity index (χ0n) is 10.4. The number of rotatable bonds is 7. The van der Waals surface area contributed by atoms with Crippen LogP contribution in [0.2, 0.25) is 5.02 Å². The summed E-state index contributed by atoms with van der Waals surface area (Å²) in [5, 5.41) is 11.0. The zero-order valence-corrected chi connectivity index (χ0v) is 11.1. The molecule has 0 fully saturated rings. The number of halogens is 1. The lowest BCUT2D eigenvalue weighted by Gasteiger charge is -2.17. The van der Waals surface area contributed by atoms with Gasteiger partial charge in [-0.1, -0.05) is 18.5 Å². The van der Waals surface area contributed by atoms with Crippen LogP contribution < -0.4 is 4.74 Å². The maximum absolute atomic E-state index is 10.7. The normalized spacial score (nSPS) is 12.2. The lowest BCUT2D eigenvalue weighted by atomic mass is 10.2. The van der Waals surface area contributed by atoms with E-state index < -0.39 is 4.92 Å². The van der Waals surface area contributed by atoms with Crippen LogP contribution in [0.3, 0.4) is 0 Å². The Labute approximate surface area is 111 Å². The third-order valence-electron chi connectivity index (χ3n) is 2.47. The molecule has 1 rings (SSSR count). The molecule has 1 unspecified atom stereocenters. The van der Waals surface area contributed by atoms with Crippen molar-refractivity contribution < 1.29 is 14.4 Å². The second kappa shape index (κ2) is 7.18.